The topological polar surface area (TPSA) is 123 Å². The van der Waals surface area contributed by atoms with E-state index in [4.69, 9.17) is 14.2 Å². The van der Waals surface area contributed by atoms with E-state index in [9.17, 15) is 22.3 Å². The Morgan fingerprint density at radius 3 is 2.00 bits per heavy atom. The highest BCUT2D eigenvalue weighted by molar-refractivity contribution is 14.1. The molecule has 0 aliphatic heterocycles. The van der Waals surface area contributed by atoms with Gasteiger partial charge in [-0.2, -0.15) is 3.28 Å². The summed E-state index contributed by atoms with van der Waals surface area (Å²) in [6.07, 6.45) is 1.18. The number of hydrogen-bond donors (Lipinski definition) is 1. The molecule has 0 aliphatic carbocycles. The summed E-state index contributed by atoms with van der Waals surface area (Å²) >= 11 is -2.17. The van der Waals surface area contributed by atoms with Gasteiger partial charge in [0.05, 0.1) is 27.0 Å². The van der Waals surface area contributed by atoms with E-state index in [1.54, 1.807) is 43.4 Å². The van der Waals surface area contributed by atoms with Gasteiger partial charge in [0.2, 0.25) is 0 Å². The fourth-order valence-corrected chi connectivity index (χ4v) is 5.02. The van der Waals surface area contributed by atoms with Crippen LogP contribution in [0.2, 0.25) is 0 Å². The third kappa shape index (κ3) is 6.57. The Bertz CT molecular complexity index is 1600. The fourth-order valence-electron chi connectivity index (χ4n) is 4.44. The van der Waals surface area contributed by atoms with Crippen molar-refractivity contribution in [2.75, 3.05) is 29.5 Å². The lowest BCUT2D eigenvalue weighted by atomic mass is 10.1. The summed E-state index contributed by atoms with van der Waals surface area (Å²) in [6.45, 7) is 2.02. The van der Waals surface area contributed by atoms with E-state index in [1.807, 2.05) is 24.3 Å². The number of anilines is 2. The standard InChI is InChI=1S/C29H28FIN4O7/c1-18-13-21(30)14-24(35(39)31-38)26(18)34-17-32-27(25(28(34)36)29(37)42-4)33(15-19-5-9-22(40-2)10-6-19)16-20-7-11-23(41-3)12-8-20/h5-14,17,39H,15-16H2,1-4H3. The average Bonchev–Trinajstić information content (AvgIpc) is 3.00. The molecule has 42 heavy (non-hydrogen) atoms. The van der Waals surface area contributed by atoms with E-state index in [0.29, 0.717) is 14.8 Å². The lowest BCUT2D eigenvalue weighted by Crippen LogP contribution is -2.34. The molecule has 0 bridgehead atoms. The summed E-state index contributed by atoms with van der Waals surface area (Å²) in [7, 11) is 4.28. The van der Waals surface area contributed by atoms with Crippen molar-refractivity contribution in [1.29, 1.82) is 0 Å². The molecule has 0 fully saturated rings. The van der Waals surface area contributed by atoms with Gasteiger partial charge in [-0.05, 0) is 53.9 Å². The zero-order valence-corrected chi connectivity index (χ0v) is 25.4. The molecular weight excluding hydrogens is 662 g/mol. The molecule has 0 unspecified atom stereocenters. The molecule has 4 rings (SSSR count). The number of aryl methyl sites for hydroxylation is 1. The minimum atomic E-state index is -2.17. The minimum absolute atomic E-state index is 0.0144. The van der Waals surface area contributed by atoms with Crippen LogP contribution in [0.25, 0.3) is 5.69 Å². The molecule has 4 aromatic rings. The molecular formula is C29H28FIN4O7. The van der Waals surface area contributed by atoms with Crippen LogP contribution < -0.4 is 23.2 Å². The smallest absolute Gasteiger partial charge is 0.347 e. The van der Waals surface area contributed by atoms with E-state index in [-0.39, 0.29) is 41.4 Å². The van der Waals surface area contributed by atoms with Crippen molar-refractivity contribution in [3.05, 3.63) is 105 Å². The Morgan fingerprint density at radius 1 is 0.976 bits per heavy atom. The number of esters is 1. The normalized spacial score (nSPS) is 10.7. The SMILES string of the molecule is COC(=O)c1c(N(Cc2ccc(OC)cc2)Cc2ccc(OC)cc2)ncn(-c2c(C)cc(F)cc2N(O)I=O)c1=O. The van der Waals surface area contributed by atoms with E-state index < -0.39 is 38.8 Å². The van der Waals surface area contributed by atoms with Crippen LogP contribution in [0.1, 0.15) is 27.0 Å². The number of benzene rings is 3. The number of aromatic nitrogens is 2. The molecule has 1 heterocycles. The van der Waals surface area contributed by atoms with Crippen LogP contribution in [0, 0.1) is 12.7 Å². The van der Waals surface area contributed by atoms with Gasteiger partial charge in [-0.15, -0.1) is 0 Å². The molecule has 0 amide bonds. The summed E-state index contributed by atoms with van der Waals surface area (Å²) in [5.74, 6) is -0.266. The number of ether oxygens (including phenoxy) is 3. The van der Waals surface area contributed by atoms with Gasteiger partial charge in [0.1, 0.15) is 29.3 Å². The zero-order valence-electron chi connectivity index (χ0n) is 23.2. The molecule has 0 saturated carbocycles. The van der Waals surface area contributed by atoms with Crippen molar-refractivity contribution in [2.24, 2.45) is 0 Å². The zero-order chi connectivity index (χ0) is 30.4. The number of hydrogen-bond acceptors (Lipinski definition) is 9. The predicted octanol–water partition coefficient (Wildman–Crippen LogP) is 5.12. The minimum Gasteiger partial charge on any atom is -0.497 e. The number of carbonyl (C=O) groups excluding carboxylic acids is 1. The molecule has 0 atom stereocenters. The number of rotatable bonds is 11. The summed E-state index contributed by atoms with van der Waals surface area (Å²) < 4.78 is 42.7. The summed E-state index contributed by atoms with van der Waals surface area (Å²) in [5.41, 5.74) is 0.530. The van der Waals surface area contributed by atoms with Gasteiger partial charge >= 0.3 is 5.97 Å². The molecule has 0 radical (unpaired) electrons. The molecule has 0 spiro atoms. The first-order chi connectivity index (χ1) is 20.2. The lowest BCUT2D eigenvalue weighted by molar-refractivity contribution is 0.0598. The van der Waals surface area contributed by atoms with E-state index in [2.05, 4.69) is 4.98 Å². The van der Waals surface area contributed by atoms with E-state index >= 15 is 0 Å². The summed E-state index contributed by atoms with van der Waals surface area (Å²) in [6, 6.07) is 16.7. The fraction of sp³-hybridized carbons (Fsp3) is 0.207. The maximum Gasteiger partial charge on any atom is 0.347 e. The Hall–Kier alpha value is -4.37. The lowest BCUT2D eigenvalue weighted by Gasteiger charge is -2.26. The van der Waals surface area contributed by atoms with E-state index in [0.717, 1.165) is 34.9 Å². The quantitative estimate of drug-likeness (QED) is 0.0983. The predicted molar refractivity (Wildman–Crippen MR) is 161 cm³/mol. The van der Waals surface area contributed by atoms with Crippen LogP contribution in [0.4, 0.5) is 15.9 Å². The van der Waals surface area contributed by atoms with Crippen LogP contribution in [0.5, 0.6) is 11.5 Å². The van der Waals surface area contributed by atoms with Crippen molar-refractivity contribution in [3.63, 3.8) is 0 Å². The Labute approximate surface area is 251 Å². The monoisotopic (exact) mass is 690 g/mol. The first-order valence-corrected chi connectivity index (χ1v) is 14.3. The molecule has 3 aromatic carbocycles. The van der Waals surface area contributed by atoms with Gasteiger partial charge in [0, 0.05) is 19.2 Å². The second-order valence-corrected chi connectivity index (χ2v) is 10.4. The molecule has 11 nitrogen and oxygen atoms in total. The van der Waals surface area contributed by atoms with Gasteiger partial charge in [0.15, 0.2) is 11.4 Å². The van der Waals surface area contributed by atoms with Crippen molar-refractivity contribution >= 4 is 38.9 Å². The first kappa shape index (κ1) is 30.6. The molecule has 220 valence electrons. The average molecular weight is 690 g/mol. The van der Waals surface area contributed by atoms with Gasteiger partial charge < -0.3 is 19.1 Å². The van der Waals surface area contributed by atoms with Crippen molar-refractivity contribution in [3.8, 4) is 17.2 Å². The maximum atomic E-state index is 14.2. The molecule has 0 saturated heterocycles. The largest absolute Gasteiger partial charge is 0.497 e. The van der Waals surface area contributed by atoms with Gasteiger partial charge in [0.25, 0.3) is 27.0 Å². The Morgan fingerprint density at radius 2 is 1.52 bits per heavy atom. The van der Waals surface area contributed by atoms with Crippen molar-refractivity contribution < 1.29 is 31.7 Å². The number of nitrogens with zero attached hydrogens (tertiary/aromatic N) is 4. The Kier molecular flexibility index (Phi) is 9.85. The van der Waals surface area contributed by atoms with Crippen LogP contribution in [-0.4, -0.2) is 42.1 Å². The second-order valence-electron chi connectivity index (χ2n) is 9.08. The van der Waals surface area contributed by atoms with Crippen LogP contribution >= 0.6 is 21.5 Å². The third-order valence-electron chi connectivity index (χ3n) is 6.46. The van der Waals surface area contributed by atoms with Gasteiger partial charge in [-0.25, -0.2) is 17.2 Å². The maximum absolute atomic E-state index is 14.2. The van der Waals surface area contributed by atoms with Gasteiger partial charge in [-0.3, -0.25) is 14.6 Å². The van der Waals surface area contributed by atoms with Crippen LogP contribution in [0.15, 0.2) is 71.8 Å². The van der Waals surface area contributed by atoms with Crippen LogP contribution in [-0.2, 0) is 20.9 Å². The van der Waals surface area contributed by atoms with Crippen molar-refractivity contribution in [1.82, 2.24) is 9.55 Å². The summed E-state index contributed by atoms with van der Waals surface area (Å²) in [5, 5.41) is 10.2. The highest BCUT2D eigenvalue weighted by atomic mass is 127. The molecule has 0 aliphatic rings. The van der Waals surface area contributed by atoms with Crippen molar-refractivity contribution in [2.45, 2.75) is 20.0 Å². The number of methoxy groups -OCH3 is 3. The second kappa shape index (κ2) is 13.5. The number of carbonyl (C=O) groups is 1. The van der Waals surface area contributed by atoms with Gasteiger partial charge in [-0.1, -0.05) is 24.3 Å². The van der Waals surface area contributed by atoms with E-state index in [1.165, 1.54) is 13.3 Å². The highest BCUT2D eigenvalue weighted by Gasteiger charge is 2.27. The van der Waals surface area contributed by atoms with Crippen LogP contribution in [0.3, 0.4) is 0 Å². The molecule has 1 aromatic heterocycles. The highest BCUT2D eigenvalue weighted by Crippen LogP contribution is 2.32. The summed E-state index contributed by atoms with van der Waals surface area (Å²) in [4.78, 5) is 33.4. The molecule has 1 N–H and O–H groups in total. The Balaban J connectivity index is 1.90. The number of halogens is 2. The first-order valence-electron chi connectivity index (χ1n) is 12.5. The third-order valence-corrected chi connectivity index (χ3v) is 7.35. The molecule has 13 heteroatoms.